The molecule has 10 rings (SSSR count). The molecule has 0 saturated carbocycles. The molecule has 0 aliphatic heterocycles. The highest BCUT2D eigenvalue weighted by atomic mass is 32.1. The first-order chi connectivity index (χ1) is 24.8. The van der Waals surface area contributed by atoms with Crippen LogP contribution in [0.4, 0.5) is 0 Å². The van der Waals surface area contributed by atoms with Gasteiger partial charge in [-0.2, -0.15) is 0 Å². The number of hydrogen-bond acceptors (Lipinski definition) is 6. The van der Waals surface area contributed by atoms with E-state index in [4.69, 9.17) is 19.9 Å². The second-order valence-corrected chi connectivity index (χ2v) is 14.3. The van der Waals surface area contributed by atoms with Crippen molar-refractivity contribution in [3.05, 3.63) is 158 Å². The summed E-state index contributed by atoms with van der Waals surface area (Å²) >= 11 is 3.54. The number of hydrogen-bond donors (Lipinski definition) is 0. The highest BCUT2D eigenvalue weighted by Gasteiger charge is 2.21. The molecule has 0 atom stereocenters. The lowest BCUT2D eigenvalue weighted by Gasteiger charge is -2.11. The molecule has 4 nitrogen and oxygen atoms in total. The summed E-state index contributed by atoms with van der Waals surface area (Å²) in [6, 6.07) is 54.7. The minimum atomic E-state index is 0.706. The van der Waals surface area contributed by atoms with Crippen LogP contribution in [0.1, 0.15) is 0 Å². The first-order valence-electron chi connectivity index (χ1n) is 16.5. The van der Waals surface area contributed by atoms with Crippen LogP contribution in [0.3, 0.4) is 0 Å². The summed E-state index contributed by atoms with van der Waals surface area (Å²) in [6.07, 6.45) is 0. The molecule has 234 valence electrons. The fourth-order valence-corrected chi connectivity index (χ4v) is 9.19. The zero-order valence-corrected chi connectivity index (χ0v) is 28.2. The number of rotatable bonds is 5. The standard InChI is InChI=1S/C44H26N4S2/c1-4-14-27(15-5-1)34-26-35(46-43(45-34)29-18-8-3-9-19-29)30-21-13-25-37-38(30)32-22-12-23-33(41(32)50-37)44-47-39(28-16-6-2-7-17-28)42-40(48-44)31-20-10-11-24-36(31)49-42/h1-26H. The van der Waals surface area contributed by atoms with Crippen molar-refractivity contribution >= 4 is 63.1 Å². The Morgan fingerprint density at radius 3 is 1.78 bits per heavy atom. The molecule has 0 bridgehead atoms. The number of aromatic nitrogens is 4. The van der Waals surface area contributed by atoms with Gasteiger partial charge in [0.2, 0.25) is 0 Å². The molecular weight excluding hydrogens is 649 g/mol. The van der Waals surface area contributed by atoms with Crippen LogP contribution >= 0.6 is 22.7 Å². The molecule has 6 aromatic carbocycles. The maximum atomic E-state index is 5.31. The van der Waals surface area contributed by atoms with Crippen LogP contribution in [0.25, 0.3) is 97.0 Å². The molecule has 6 heteroatoms. The van der Waals surface area contributed by atoms with Gasteiger partial charge in [-0.3, -0.25) is 0 Å². The van der Waals surface area contributed by atoms with Crippen molar-refractivity contribution < 1.29 is 0 Å². The van der Waals surface area contributed by atoms with Crippen molar-refractivity contribution in [2.24, 2.45) is 0 Å². The molecule has 50 heavy (non-hydrogen) atoms. The van der Waals surface area contributed by atoms with Crippen molar-refractivity contribution in [2.75, 3.05) is 0 Å². The van der Waals surface area contributed by atoms with Gasteiger partial charge in [-0.15, -0.1) is 22.7 Å². The summed E-state index contributed by atoms with van der Waals surface area (Å²) in [5, 5.41) is 3.50. The maximum Gasteiger partial charge on any atom is 0.161 e. The number of nitrogens with zero attached hydrogens (tertiary/aromatic N) is 4. The van der Waals surface area contributed by atoms with Crippen LogP contribution in [-0.2, 0) is 0 Å². The highest BCUT2D eigenvalue weighted by Crippen LogP contribution is 2.45. The average Bonchev–Trinajstić information content (AvgIpc) is 3.77. The Hall–Kier alpha value is -6.08. The van der Waals surface area contributed by atoms with E-state index >= 15 is 0 Å². The summed E-state index contributed by atoms with van der Waals surface area (Å²) in [7, 11) is 0. The maximum absolute atomic E-state index is 5.31. The molecular formula is C44H26N4S2. The Morgan fingerprint density at radius 1 is 0.380 bits per heavy atom. The third-order valence-corrected chi connectivity index (χ3v) is 11.5. The van der Waals surface area contributed by atoms with Gasteiger partial charge in [0, 0.05) is 58.1 Å². The smallest absolute Gasteiger partial charge is 0.161 e. The van der Waals surface area contributed by atoms with E-state index in [2.05, 4.69) is 127 Å². The molecule has 4 aromatic heterocycles. The van der Waals surface area contributed by atoms with E-state index in [1.54, 1.807) is 22.7 Å². The van der Waals surface area contributed by atoms with Crippen molar-refractivity contribution in [1.82, 2.24) is 19.9 Å². The van der Waals surface area contributed by atoms with E-state index in [9.17, 15) is 0 Å². The quantitative estimate of drug-likeness (QED) is 0.182. The molecule has 0 aliphatic rings. The summed E-state index contributed by atoms with van der Waals surface area (Å²) in [4.78, 5) is 20.8. The van der Waals surface area contributed by atoms with Crippen molar-refractivity contribution in [1.29, 1.82) is 0 Å². The van der Waals surface area contributed by atoms with Gasteiger partial charge >= 0.3 is 0 Å². The fraction of sp³-hybridized carbons (Fsp3) is 0. The molecule has 0 radical (unpaired) electrons. The molecule has 4 heterocycles. The van der Waals surface area contributed by atoms with Crippen molar-refractivity contribution in [3.63, 3.8) is 0 Å². The largest absolute Gasteiger partial charge is 0.228 e. The van der Waals surface area contributed by atoms with E-state index in [1.807, 2.05) is 30.3 Å². The molecule has 0 unspecified atom stereocenters. The van der Waals surface area contributed by atoms with E-state index in [0.717, 1.165) is 71.0 Å². The van der Waals surface area contributed by atoms with Crippen LogP contribution < -0.4 is 0 Å². The molecule has 0 spiro atoms. The topological polar surface area (TPSA) is 51.6 Å². The number of benzene rings is 6. The summed E-state index contributed by atoms with van der Waals surface area (Å²) in [5.41, 5.74) is 8.98. The summed E-state index contributed by atoms with van der Waals surface area (Å²) in [6.45, 7) is 0. The second-order valence-electron chi connectivity index (χ2n) is 12.2. The predicted molar refractivity (Wildman–Crippen MR) is 211 cm³/mol. The SMILES string of the molecule is c1ccc(-c2cc(-c3cccc4sc5c(-c6nc(-c7ccccc7)c7sc8ccccc8c7n6)cccc5c34)nc(-c3ccccc3)n2)cc1. The Balaban J connectivity index is 1.21. The minimum Gasteiger partial charge on any atom is -0.228 e. The molecule has 0 amide bonds. The van der Waals surface area contributed by atoms with Gasteiger partial charge in [0.25, 0.3) is 0 Å². The van der Waals surface area contributed by atoms with E-state index in [-0.39, 0.29) is 0 Å². The van der Waals surface area contributed by atoms with E-state index in [1.165, 1.54) is 20.2 Å². The Morgan fingerprint density at radius 2 is 0.980 bits per heavy atom. The van der Waals surface area contributed by atoms with Crippen LogP contribution in [0, 0.1) is 0 Å². The molecule has 0 saturated heterocycles. The number of thiophene rings is 2. The zero-order chi connectivity index (χ0) is 33.0. The first-order valence-corrected chi connectivity index (χ1v) is 18.1. The lowest BCUT2D eigenvalue weighted by molar-refractivity contribution is 1.19. The van der Waals surface area contributed by atoms with E-state index < -0.39 is 0 Å². The zero-order valence-electron chi connectivity index (χ0n) is 26.6. The van der Waals surface area contributed by atoms with Gasteiger partial charge in [0.05, 0.1) is 27.3 Å². The third-order valence-electron chi connectivity index (χ3n) is 9.13. The summed E-state index contributed by atoms with van der Waals surface area (Å²) < 4.78 is 4.68. The van der Waals surface area contributed by atoms with Gasteiger partial charge in [-0.25, -0.2) is 19.9 Å². The van der Waals surface area contributed by atoms with Gasteiger partial charge in [0.15, 0.2) is 11.6 Å². The average molecular weight is 675 g/mol. The molecule has 10 aromatic rings. The third kappa shape index (κ3) is 4.80. The van der Waals surface area contributed by atoms with Crippen molar-refractivity contribution in [3.8, 4) is 56.5 Å². The Bertz CT molecular complexity index is 2800. The number of fused-ring (bicyclic) bond motifs is 6. The monoisotopic (exact) mass is 674 g/mol. The molecule has 0 aliphatic carbocycles. The Kier molecular flexibility index (Phi) is 6.82. The van der Waals surface area contributed by atoms with Crippen LogP contribution in [0.2, 0.25) is 0 Å². The van der Waals surface area contributed by atoms with E-state index in [0.29, 0.717) is 5.82 Å². The van der Waals surface area contributed by atoms with Crippen LogP contribution in [-0.4, -0.2) is 19.9 Å². The lowest BCUT2D eigenvalue weighted by Crippen LogP contribution is -1.96. The van der Waals surface area contributed by atoms with Gasteiger partial charge < -0.3 is 0 Å². The van der Waals surface area contributed by atoms with Gasteiger partial charge in [-0.1, -0.05) is 133 Å². The fourth-order valence-electron chi connectivity index (χ4n) is 6.80. The predicted octanol–water partition coefficient (Wildman–Crippen LogP) is 12.3. The first kappa shape index (κ1) is 28.9. The van der Waals surface area contributed by atoms with Crippen molar-refractivity contribution in [2.45, 2.75) is 0 Å². The normalized spacial score (nSPS) is 11.6. The minimum absolute atomic E-state index is 0.706. The van der Waals surface area contributed by atoms with Gasteiger partial charge in [-0.05, 0) is 24.3 Å². The highest BCUT2D eigenvalue weighted by molar-refractivity contribution is 7.26. The molecule has 0 fully saturated rings. The second kappa shape index (κ2) is 11.8. The summed E-state index contributed by atoms with van der Waals surface area (Å²) in [5.74, 6) is 1.44. The Labute approximate surface area is 296 Å². The van der Waals surface area contributed by atoms with Gasteiger partial charge in [0.1, 0.15) is 0 Å². The molecule has 0 N–H and O–H groups in total. The lowest BCUT2D eigenvalue weighted by atomic mass is 10.0. The van der Waals surface area contributed by atoms with Crippen LogP contribution in [0.15, 0.2) is 158 Å². The van der Waals surface area contributed by atoms with Crippen LogP contribution in [0.5, 0.6) is 0 Å².